The van der Waals surface area contributed by atoms with Crippen molar-refractivity contribution in [3.8, 4) is 0 Å². The molecule has 2 rings (SSSR count). The number of alkyl halides is 3. The predicted molar refractivity (Wildman–Crippen MR) is 97.1 cm³/mol. The molecule has 1 aromatic rings. The number of carbonyl (C=O) groups excluding carboxylic acids is 2. The number of anilines is 1. The lowest BCUT2D eigenvalue weighted by atomic mass is 9.99. The van der Waals surface area contributed by atoms with E-state index in [1.54, 1.807) is 6.92 Å². The minimum Gasteiger partial charge on any atom is -0.335 e. The molecule has 2 atom stereocenters. The Morgan fingerprint density at radius 2 is 2.00 bits per heavy atom. The van der Waals surface area contributed by atoms with E-state index >= 15 is 0 Å². The van der Waals surface area contributed by atoms with Crippen molar-refractivity contribution in [2.45, 2.75) is 38.9 Å². The number of likely N-dealkylation sites (N-methyl/N-ethyl adjacent to an activating group) is 1. The normalized spacial score (nSPS) is 19.4. The highest BCUT2D eigenvalue weighted by atomic mass is 19.4. The maximum atomic E-state index is 13.0. The Labute approximate surface area is 157 Å². The average molecular weight is 385 g/mol. The number of hydrogen-bond donors (Lipinski definition) is 1. The molecule has 1 fully saturated rings. The van der Waals surface area contributed by atoms with Gasteiger partial charge in [-0.2, -0.15) is 13.2 Å². The Kier molecular flexibility index (Phi) is 6.86. The molecular formula is C19H26F3N3O2. The van der Waals surface area contributed by atoms with Crippen LogP contribution in [0.15, 0.2) is 24.3 Å². The van der Waals surface area contributed by atoms with Crippen LogP contribution in [0.2, 0.25) is 0 Å². The summed E-state index contributed by atoms with van der Waals surface area (Å²) < 4.78 is 39.0. The molecule has 1 aliphatic rings. The molecule has 1 aromatic carbocycles. The molecule has 0 aliphatic carbocycles. The minimum absolute atomic E-state index is 0.219. The smallest absolute Gasteiger partial charge is 0.335 e. The number of rotatable bonds is 5. The Hall–Kier alpha value is -2.09. The monoisotopic (exact) mass is 385 g/mol. The van der Waals surface area contributed by atoms with Crippen LogP contribution in [0.5, 0.6) is 0 Å². The summed E-state index contributed by atoms with van der Waals surface area (Å²) in [6.07, 6.45) is -2.41. The zero-order valence-corrected chi connectivity index (χ0v) is 15.8. The summed E-state index contributed by atoms with van der Waals surface area (Å²) >= 11 is 0. The van der Waals surface area contributed by atoms with Crippen molar-refractivity contribution in [1.82, 2.24) is 9.80 Å². The van der Waals surface area contributed by atoms with E-state index in [0.29, 0.717) is 5.92 Å². The van der Waals surface area contributed by atoms with Gasteiger partial charge >= 0.3 is 6.18 Å². The molecule has 0 saturated carbocycles. The molecule has 150 valence electrons. The van der Waals surface area contributed by atoms with Gasteiger partial charge < -0.3 is 10.2 Å². The van der Waals surface area contributed by atoms with Gasteiger partial charge in [0.05, 0.1) is 23.8 Å². The molecule has 0 radical (unpaired) electrons. The quantitative estimate of drug-likeness (QED) is 0.847. The van der Waals surface area contributed by atoms with Crippen molar-refractivity contribution in [2.75, 3.05) is 32.0 Å². The molecule has 0 unspecified atom stereocenters. The zero-order chi connectivity index (χ0) is 20.2. The van der Waals surface area contributed by atoms with Crippen molar-refractivity contribution in [2.24, 2.45) is 5.92 Å². The highest BCUT2D eigenvalue weighted by Crippen LogP contribution is 2.34. The molecule has 8 heteroatoms. The van der Waals surface area contributed by atoms with E-state index < -0.39 is 17.6 Å². The summed E-state index contributed by atoms with van der Waals surface area (Å²) in [6, 6.07) is 4.41. The summed E-state index contributed by atoms with van der Waals surface area (Å²) in [5.74, 6) is -0.369. The lowest BCUT2D eigenvalue weighted by molar-refractivity contribution is -0.139. The largest absolute Gasteiger partial charge is 0.418 e. The molecule has 1 aliphatic heterocycles. The van der Waals surface area contributed by atoms with Crippen molar-refractivity contribution >= 4 is 17.5 Å². The number of likely N-dealkylation sites (tertiary alicyclic amines) is 1. The van der Waals surface area contributed by atoms with Gasteiger partial charge in [0.25, 0.3) is 0 Å². The molecule has 2 amide bonds. The lowest BCUT2D eigenvalue weighted by Crippen LogP contribution is -2.50. The topological polar surface area (TPSA) is 52.7 Å². The van der Waals surface area contributed by atoms with Crippen LogP contribution in [0.4, 0.5) is 18.9 Å². The van der Waals surface area contributed by atoms with Crippen LogP contribution in [0.25, 0.3) is 0 Å². The van der Waals surface area contributed by atoms with Gasteiger partial charge in [-0.25, -0.2) is 0 Å². The van der Waals surface area contributed by atoms with Crippen molar-refractivity contribution < 1.29 is 22.8 Å². The Bertz CT molecular complexity index is 678. The number of nitrogens with one attached hydrogen (secondary N) is 1. The minimum atomic E-state index is -4.56. The van der Waals surface area contributed by atoms with Gasteiger partial charge in [0.2, 0.25) is 11.8 Å². The fourth-order valence-electron chi connectivity index (χ4n) is 3.38. The standard InChI is InChI=1S/C19H26F3N3O2/c1-13-7-6-10-25(11-13)14(2)18(27)24(3)12-17(26)23-16-9-5-4-8-15(16)19(20,21)22/h4-5,8-9,13-14H,6-7,10-12H2,1-3H3,(H,23,26)/t13-,14-/m1/s1. The predicted octanol–water partition coefficient (Wildman–Crippen LogP) is 3.22. The van der Waals surface area contributed by atoms with Crippen LogP contribution >= 0.6 is 0 Å². The van der Waals surface area contributed by atoms with E-state index in [1.807, 2.05) is 0 Å². The first-order chi connectivity index (χ1) is 12.6. The number of hydrogen-bond acceptors (Lipinski definition) is 3. The molecule has 5 nitrogen and oxygen atoms in total. The number of halogens is 3. The van der Waals surface area contributed by atoms with Gasteiger partial charge in [-0.3, -0.25) is 14.5 Å². The Balaban J connectivity index is 1.96. The first-order valence-electron chi connectivity index (χ1n) is 9.04. The van der Waals surface area contributed by atoms with Crippen LogP contribution in [0.3, 0.4) is 0 Å². The molecule has 1 N–H and O–H groups in total. The van der Waals surface area contributed by atoms with E-state index in [0.717, 1.165) is 32.0 Å². The van der Waals surface area contributed by atoms with Crippen LogP contribution in [-0.2, 0) is 15.8 Å². The van der Waals surface area contributed by atoms with Gasteiger partial charge in [-0.05, 0) is 44.4 Å². The fraction of sp³-hybridized carbons (Fsp3) is 0.579. The van der Waals surface area contributed by atoms with Crippen LogP contribution in [0.1, 0.15) is 32.3 Å². The van der Waals surface area contributed by atoms with Gasteiger partial charge in [0.1, 0.15) is 0 Å². The van der Waals surface area contributed by atoms with Crippen LogP contribution in [0, 0.1) is 5.92 Å². The van der Waals surface area contributed by atoms with Crippen molar-refractivity contribution in [3.05, 3.63) is 29.8 Å². The summed E-state index contributed by atoms with van der Waals surface area (Å²) in [4.78, 5) is 28.1. The third-order valence-electron chi connectivity index (χ3n) is 4.86. The number of para-hydroxylation sites is 1. The highest BCUT2D eigenvalue weighted by molar-refractivity contribution is 5.95. The second-order valence-electron chi connectivity index (χ2n) is 7.20. The number of piperidine rings is 1. The zero-order valence-electron chi connectivity index (χ0n) is 15.8. The van der Waals surface area contributed by atoms with Gasteiger partial charge in [-0.1, -0.05) is 19.1 Å². The molecule has 0 aromatic heterocycles. The van der Waals surface area contributed by atoms with Gasteiger partial charge in [0.15, 0.2) is 0 Å². The van der Waals surface area contributed by atoms with E-state index in [1.165, 1.54) is 30.1 Å². The third-order valence-corrected chi connectivity index (χ3v) is 4.86. The van der Waals surface area contributed by atoms with E-state index in [2.05, 4.69) is 17.1 Å². The number of amides is 2. The van der Waals surface area contributed by atoms with Crippen LogP contribution in [-0.4, -0.2) is 54.3 Å². The van der Waals surface area contributed by atoms with Crippen LogP contribution < -0.4 is 5.32 Å². The summed E-state index contributed by atoms with van der Waals surface area (Å²) in [5, 5.41) is 2.26. The highest BCUT2D eigenvalue weighted by Gasteiger charge is 2.34. The maximum absolute atomic E-state index is 13.0. The molecular weight excluding hydrogens is 359 g/mol. The second kappa shape index (κ2) is 8.73. The second-order valence-corrected chi connectivity index (χ2v) is 7.20. The molecule has 27 heavy (non-hydrogen) atoms. The van der Waals surface area contributed by atoms with Crippen molar-refractivity contribution in [1.29, 1.82) is 0 Å². The van der Waals surface area contributed by atoms with Gasteiger partial charge in [-0.15, -0.1) is 0 Å². The SMILES string of the molecule is C[C@@H]1CCCN([C@H](C)C(=O)N(C)CC(=O)Nc2ccccc2C(F)(F)F)C1. The third kappa shape index (κ3) is 5.69. The number of nitrogens with zero attached hydrogens (tertiary/aromatic N) is 2. The van der Waals surface area contributed by atoms with Crippen molar-refractivity contribution in [3.63, 3.8) is 0 Å². The first kappa shape index (κ1) is 21.2. The van der Waals surface area contributed by atoms with E-state index in [-0.39, 0.29) is 24.2 Å². The molecule has 1 heterocycles. The average Bonchev–Trinajstić information content (AvgIpc) is 2.59. The first-order valence-corrected chi connectivity index (χ1v) is 9.04. The maximum Gasteiger partial charge on any atom is 0.418 e. The summed E-state index contributed by atoms with van der Waals surface area (Å²) in [7, 11) is 1.49. The molecule has 0 bridgehead atoms. The number of benzene rings is 1. The summed E-state index contributed by atoms with van der Waals surface area (Å²) in [5.41, 5.74) is -1.23. The fourth-order valence-corrected chi connectivity index (χ4v) is 3.38. The van der Waals surface area contributed by atoms with E-state index in [4.69, 9.17) is 0 Å². The molecule has 0 spiro atoms. The molecule has 1 saturated heterocycles. The number of carbonyl (C=O) groups is 2. The van der Waals surface area contributed by atoms with Gasteiger partial charge in [0, 0.05) is 13.6 Å². The van der Waals surface area contributed by atoms with E-state index in [9.17, 15) is 22.8 Å². The Morgan fingerprint density at radius 3 is 2.63 bits per heavy atom. The lowest BCUT2D eigenvalue weighted by Gasteiger charge is -2.36. The Morgan fingerprint density at radius 1 is 1.33 bits per heavy atom. The summed E-state index contributed by atoms with van der Waals surface area (Å²) in [6.45, 7) is 5.28.